The number of benzene rings is 3. The lowest BCUT2D eigenvalue weighted by Gasteiger charge is -2.19. The third-order valence-electron chi connectivity index (χ3n) is 7.96. The maximum absolute atomic E-state index is 12.3. The zero-order chi connectivity index (χ0) is 39.4. The molecule has 2 aliphatic rings. The summed E-state index contributed by atoms with van der Waals surface area (Å²) >= 11 is 3.27. The summed E-state index contributed by atoms with van der Waals surface area (Å²) in [5.74, 6) is -4.28. The van der Waals surface area contributed by atoms with Gasteiger partial charge in [0.25, 0.3) is 11.8 Å². The number of nitrogens with zero attached hydrogens (tertiary/aromatic N) is 2. The molecule has 0 bridgehead atoms. The van der Waals surface area contributed by atoms with E-state index in [0.717, 1.165) is 22.6 Å². The molecule has 3 aromatic carbocycles. The fourth-order valence-corrected chi connectivity index (χ4v) is 5.58. The highest BCUT2D eigenvalue weighted by molar-refractivity contribution is 9.10. The van der Waals surface area contributed by atoms with E-state index >= 15 is 0 Å². The molecule has 15 nitrogen and oxygen atoms in total. The third kappa shape index (κ3) is 11.6. The van der Waals surface area contributed by atoms with Crippen molar-refractivity contribution in [3.8, 4) is 0 Å². The molecule has 0 aromatic heterocycles. The monoisotopic (exact) mass is 794 g/mol. The third-order valence-corrected chi connectivity index (χ3v) is 8.45. The molecule has 0 spiro atoms. The van der Waals surface area contributed by atoms with Gasteiger partial charge in [-0.25, -0.2) is 4.79 Å². The maximum Gasteiger partial charge on any atom is 0.337 e. The summed E-state index contributed by atoms with van der Waals surface area (Å²) in [5, 5.41) is 31.4. The minimum absolute atomic E-state index is 0.0161. The number of rotatable bonds is 12. The summed E-state index contributed by atoms with van der Waals surface area (Å²) in [6.07, 6.45) is 0.577. The van der Waals surface area contributed by atoms with Gasteiger partial charge in [-0.05, 0) is 48.4 Å². The van der Waals surface area contributed by atoms with Gasteiger partial charge >= 0.3 is 17.9 Å². The summed E-state index contributed by atoms with van der Waals surface area (Å²) in [5.41, 5.74) is 3.39. The number of carbonyl (C=O) groups excluding carboxylic acids is 5. The summed E-state index contributed by atoms with van der Waals surface area (Å²) < 4.78 is 0.712. The van der Waals surface area contributed by atoms with Crippen molar-refractivity contribution >= 4 is 80.3 Å². The standard InChI is InChI=1S/C16H11BrN2O4.C14H16N2O4.C7H12O3/c17-9-5-6-10-12(7-9)15(21)19(14(10)20)8-18-13-4-2-1-3-11(13)16(22)23;1-9(17)16-8-7-10-3-2-4-11(14(10)16)15-12(18)5-6-13(19)20;1-5(2)6(8)3-4-7(9)10/h1-7,18H,8H2,(H,22,23);2-4H,5-8H2,1H3,(H,15,18)(H,19,20);5H,3-4H2,1-2H3,(H,9,10). The molecule has 16 heteroatoms. The van der Waals surface area contributed by atoms with E-state index in [1.54, 1.807) is 61.2 Å². The predicted octanol–water partition coefficient (Wildman–Crippen LogP) is 5.29. The lowest BCUT2D eigenvalue weighted by atomic mass is 10.1. The zero-order valence-corrected chi connectivity index (χ0v) is 30.8. The number of Topliss-reactive ketones (excluding diaryl/α,β-unsaturated/α-hetero) is 1. The Kier molecular flexibility index (Phi) is 14.9. The average Bonchev–Trinajstić information content (AvgIpc) is 3.65. The molecule has 280 valence electrons. The number of fused-ring (bicyclic) bond motifs is 2. The van der Waals surface area contributed by atoms with E-state index in [0.29, 0.717) is 33.5 Å². The van der Waals surface area contributed by atoms with Crippen molar-refractivity contribution in [2.45, 2.75) is 52.9 Å². The molecule has 5 rings (SSSR count). The molecule has 0 unspecified atom stereocenters. The number of carbonyl (C=O) groups is 8. The number of aliphatic carboxylic acids is 2. The van der Waals surface area contributed by atoms with Crippen LogP contribution in [0.1, 0.15) is 83.1 Å². The number of para-hydroxylation sites is 2. The number of hydrogen-bond donors (Lipinski definition) is 5. The molecule has 0 radical (unpaired) electrons. The van der Waals surface area contributed by atoms with Crippen LogP contribution in [0.25, 0.3) is 0 Å². The number of nitrogens with one attached hydrogen (secondary N) is 2. The minimum Gasteiger partial charge on any atom is -0.481 e. The Balaban J connectivity index is 0.000000231. The second kappa shape index (κ2) is 19.1. The number of aromatic carboxylic acids is 1. The van der Waals surface area contributed by atoms with Gasteiger partial charge in [0.2, 0.25) is 11.8 Å². The molecule has 5 N–H and O–H groups in total. The molecule has 3 aromatic rings. The van der Waals surface area contributed by atoms with Crippen molar-refractivity contribution in [3.05, 3.63) is 87.4 Å². The first kappa shape index (κ1) is 41.5. The summed E-state index contributed by atoms with van der Waals surface area (Å²) in [6, 6.07) is 16.6. The van der Waals surface area contributed by atoms with E-state index in [-0.39, 0.29) is 61.4 Å². The highest BCUT2D eigenvalue weighted by Gasteiger charge is 2.35. The summed E-state index contributed by atoms with van der Waals surface area (Å²) in [4.78, 5) is 93.0. The number of imide groups is 1. The Morgan fingerprint density at radius 3 is 2.04 bits per heavy atom. The second-order valence-corrected chi connectivity index (χ2v) is 13.0. The predicted molar refractivity (Wildman–Crippen MR) is 197 cm³/mol. The highest BCUT2D eigenvalue weighted by Crippen LogP contribution is 2.35. The maximum atomic E-state index is 12.3. The van der Waals surface area contributed by atoms with Crippen molar-refractivity contribution < 1.29 is 53.7 Å². The van der Waals surface area contributed by atoms with Crippen LogP contribution >= 0.6 is 15.9 Å². The molecule has 53 heavy (non-hydrogen) atoms. The number of hydrogen-bond acceptors (Lipinski definition) is 9. The van der Waals surface area contributed by atoms with Gasteiger partial charge in [-0.1, -0.05) is 54.0 Å². The first-order valence-corrected chi connectivity index (χ1v) is 17.2. The van der Waals surface area contributed by atoms with Crippen molar-refractivity contribution in [3.63, 3.8) is 0 Å². The largest absolute Gasteiger partial charge is 0.481 e. The SMILES string of the molecule is CC(=O)N1CCc2cccc(NC(=O)CCC(=O)O)c21.CC(C)C(=O)CCC(=O)O.O=C(O)c1ccccc1NCN1C(=O)c2ccc(Br)cc2C1=O. The van der Waals surface area contributed by atoms with E-state index in [1.807, 2.05) is 12.1 Å². The van der Waals surface area contributed by atoms with Crippen LogP contribution < -0.4 is 15.5 Å². The van der Waals surface area contributed by atoms with E-state index in [4.69, 9.17) is 15.3 Å². The Labute approximate surface area is 313 Å². The van der Waals surface area contributed by atoms with Crippen LogP contribution in [-0.4, -0.2) is 80.8 Å². The highest BCUT2D eigenvalue weighted by atomic mass is 79.9. The number of amides is 4. The fraction of sp³-hybridized carbons (Fsp3) is 0.297. The Bertz CT molecular complexity index is 1930. The average molecular weight is 796 g/mol. The van der Waals surface area contributed by atoms with Gasteiger partial charge in [0.15, 0.2) is 0 Å². The van der Waals surface area contributed by atoms with Gasteiger partial charge < -0.3 is 30.9 Å². The zero-order valence-electron chi connectivity index (χ0n) is 29.2. The molecular weight excluding hydrogens is 756 g/mol. The lowest BCUT2D eigenvalue weighted by Crippen LogP contribution is -2.34. The number of ketones is 1. The Hall–Kier alpha value is -5.90. The van der Waals surface area contributed by atoms with Crippen LogP contribution in [0.15, 0.2) is 65.1 Å². The molecule has 0 saturated carbocycles. The van der Waals surface area contributed by atoms with Crippen LogP contribution in [0.2, 0.25) is 0 Å². The molecule has 2 aliphatic heterocycles. The van der Waals surface area contributed by atoms with E-state index in [9.17, 15) is 38.4 Å². The second-order valence-electron chi connectivity index (χ2n) is 12.1. The number of halogens is 1. The lowest BCUT2D eigenvalue weighted by molar-refractivity contribution is -0.139. The van der Waals surface area contributed by atoms with Crippen LogP contribution in [0.5, 0.6) is 0 Å². The molecule has 0 aliphatic carbocycles. The van der Waals surface area contributed by atoms with E-state index < -0.39 is 29.7 Å². The van der Waals surface area contributed by atoms with Crippen LogP contribution in [0, 0.1) is 5.92 Å². The van der Waals surface area contributed by atoms with Crippen molar-refractivity contribution in [2.75, 3.05) is 28.7 Å². The van der Waals surface area contributed by atoms with Gasteiger partial charge in [-0.2, -0.15) is 0 Å². The Morgan fingerprint density at radius 2 is 1.42 bits per heavy atom. The summed E-state index contributed by atoms with van der Waals surface area (Å²) in [6.45, 7) is 5.52. The number of carboxylic acid groups (broad SMARTS) is 3. The molecule has 0 fully saturated rings. The fourth-order valence-electron chi connectivity index (χ4n) is 5.22. The Morgan fingerprint density at radius 1 is 0.792 bits per heavy atom. The van der Waals surface area contributed by atoms with Crippen LogP contribution in [0.4, 0.5) is 17.1 Å². The van der Waals surface area contributed by atoms with Crippen molar-refractivity contribution in [1.82, 2.24) is 4.90 Å². The van der Waals surface area contributed by atoms with Crippen LogP contribution in [0.3, 0.4) is 0 Å². The smallest absolute Gasteiger partial charge is 0.337 e. The van der Waals surface area contributed by atoms with Crippen LogP contribution in [-0.2, 0) is 30.4 Å². The van der Waals surface area contributed by atoms with Gasteiger partial charge in [-0.3, -0.25) is 38.5 Å². The summed E-state index contributed by atoms with van der Waals surface area (Å²) in [7, 11) is 0. The van der Waals surface area contributed by atoms with Gasteiger partial charge in [0.1, 0.15) is 5.78 Å². The first-order chi connectivity index (χ1) is 25.0. The number of carboxylic acids is 3. The normalized spacial score (nSPS) is 12.5. The molecule has 4 amide bonds. The van der Waals surface area contributed by atoms with E-state index in [1.165, 1.54) is 13.0 Å². The topological polar surface area (TPSA) is 228 Å². The van der Waals surface area contributed by atoms with Gasteiger partial charge in [0, 0.05) is 36.7 Å². The molecule has 0 saturated heterocycles. The molecular formula is C37H39BrN4O11. The van der Waals surface area contributed by atoms with Crippen molar-refractivity contribution in [2.24, 2.45) is 5.92 Å². The van der Waals surface area contributed by atoms with Gasteiger partial charge in [-0.15, -0.1) is 0 Å². The first-order valence-electron chi connectivity index (χ1n) is 16.4. The number of anilines is 3. The quantitative estimate of drug-likeness (QED) is 0.147. The molecule has 0 atom stereocenters. The van der Waals surface area contributed by atoms with E-state index in [2.05, 4.69) is 26.6 Å². The molecule has 2 heterocycles. The minimum atomic E-state index is -1.08. The van der Waals surface area contributed by atoms with Gasteiger partial charge in [0.05, 0.1) is 53.3 Å². The van der Waals surface area contributed by atoms with Crippen molar-refractivity contribution in [1.29, 1.82) is 0 Å².